The topological polar surface area (TPSA) is 71.0 Å². The van der Waals surface area contributed by atoms with E-state index in [0.717, 1.165) is 23.3 Å². The van der Waals surface area contributed by atoms with Gasteiger partial charge in [-0.2, -0.15) is 0 Å². The highest BCUT2D eigenvalue weighted by Gasteiger charge is 2.33. The Labute approximate surface area is 166 Å². The molecule has 6 heteroatoms. The molecule has 6 nitrogen and oxygen atoms in total. The number of nitrogens with zero attached hydrogens (tertiary/aromatic N) is 1. The Morgan fingerprint density at radius 3 is 2.64 bits per heavy atom. The highest BCUT2D eigenvalue weighted by atomic mass is 16.5. The van der Waals surface area contributed by atoms with Crippen molar-refractivity contribution in [2.45, 2.75) is 18.6 Å². The van der Waals surface area contributed by atoms with Crippen molar-refractivity contribution in [2.75, 3.05) is 40.5 Å². The van der Waals surface area contributed by atoms with Gasteiger partial charge in [0.1, 0.15) is 5.75 Å². The molecule has 0 aromatic heterocycles. The highest BCUT2D eigenvalue weighted by Crippen LogP contribution is 2.39. The van der Waals surface area contributed by atoms with Crippen LogP contribution < -0.4 is 10.1 Å². The van der Waals surface area contributed by atoms with Crippen LogP contribution in [0.3, 0.4) is 0 Å². The van der Waals surface area contributed by atoms with Crippen molar-refractivity contribution in [1.29, 1.82) is 0 Å². The summed E-state index contributed by atoms with van der Waals surface area (Å²) in [5.74, 6) is 0.764. The molecule has 0 bridgehead atoms. The first kappa shape index (κ1) is 20.3. The summed E-state index contributed by atoms with van der Waals surface area (Å²) in [6, 6.07) is 15.9. The van der Waals surface area contributed by atoms with Crippen LogP contribution in [0.2, 0.25) is 0 Å². The van der Waals surface area contributed by atoms with Gasteiger partial charge in [0.15, 0.2) is 0 Å². The molecule has 0 fully saturated rings. The summed E-state index contributed by atoms with van der Waals surface area (Å²) >= 11 is 0. The minimum Gasteiger partial charge on any atom is -0.496 e. The molecule has 28 heavy (non-hydrogen) atoms. The van der Waals surface area contributed by atoms with E-state index in [-0.39, 0.29) is 25.1 Å². The molecule has 0 unspecified atom stereocenters. The second kappa shape index (κ2) is 9.68. The van der Waals surface area contributed by atoms with Crippen molar-refractivity contribution in [3.8, 4) is 5.75 Å². The fraction of sp³-hybridized carbons (Fsp3) is 0.409. The summed E-state index contributed by atoms with van der Waals surface area (Å²) in [5, 5.41) is 12.8. The number of carbonyl (C=O) groups excluding carboxylic acids is 1. The number of carbonyl (C=O) groups is 1. The van der Waals surface area contributed by atoms with Gasteiger partial charge in [0.05, 0.1) is 32.4 Å². The van der Waals surface area contributed by atoms with Crippen LogP contribution in [0, 0.1) is 0 Å². The fourth-order valence-electron chi connectivity index (χ4n) is 3.76. The molecule has 0 spiro atoms. The number of para-hydroxylation sites is 1. The zero-order valence-electron chi connectivity index (χ0n) is 16.4. The lowest BCUT2D eigenvalue weighted by molar-refractivity contribution is -0.132. The summed E-state index contributed by atoms with van der Waals surface area (Å²) < 4.78 is 10.5. The number of benzene rings is 2. The van der Waals surface area contributed by atoms with E-state index in [0.29, 0.717) is 13.1 Å². The molecule has 2 aromatic carbocycles. The first-order valence-corrected chi connectivity index (χ1v) is 9.53. The summed E-state index contributed by atoms with van der Waals surface area (Å²) in [6.07, 6.45) is 0.185. The monoisotopic (exact) mass is 384 g/mol. The van der Waals surface area contributed by atoms with Gasteiger partial charge in [0, 0.05) is 25.8 Å². The minimum atomic E-state index is -0.634. The van der Waals surface area contributed by atoms with E-state index >= 15 is 0 Å². The third kappa shape index (κ3) is 4.52. The largest absolute Gasteiger partial charge is 0.496 e. The third-order valence-electron chi connectivity index (χ3n) is 5.05. The smallest absolute Gasteiger partial charge is 0.237 e. The van der Waals surface area contributed by atoms with Gasteiger partial charge in [-0.1, -0.05) is 42.5 Å². The summed E-state index contributed by atoms with van der Waals surface area (Å²) in [6.45, 7) is 1.35. The highest BCUT2D eigenvalue weighted by molar-refractivity contribution is 5.80. The summed E-state index contributed by atoms with van der Waals surface area (Å²) in [4.78, 5) is 14.9. The maximum absolute atomic E-state index is 13.0. The van der Waals surface area contributed by atoms with Crippen LogP contribution in [0.4, 0.5) is 0 Å². The average Bonchev–Trinajstić information content (AvgIpc) is 2.73. The van der Waals surface area contributed by atoms with Crippen LogP contribution in [0.25, 0.3) is 0 Å². The molecule has 2 N–H and O–H groups in total. The number of hydrogen-bond acceptors (Lipinski definition) is 5. The Balaban J connectivity index is 1.84. The van der Waals surface area contributed by atoms with Crippen LogP contribution >= 0.6 is 0 Å². The number of aliphatic hydroxyl groups is 1. The summed E-state index contributed by atoms with van der Waals surface area (Å²) in [5.41, 5.74) is 3.36. The standard InChI is InChI=1S/C22H28N2O4/c1-27-15-17(25)13-23-14-21(26)24-12-11-16-7-3-4-8-18(16)22(24)19-9-5-6-10-20(19)28-2/h3-10,17,22-23,25H,11-15H2,1-2H3/t17-,22-/m0/s1. The van der Waals surface area contributed by atoms with E-state index in [1.807, 2.05) is 41.3 Å². The predicted octanol–water partition coefficient (Wildman–Crippen LogP) is 1.77. The van der Waals surface area contributed by atoms with Gasteiger partial charge in [-0.3, -0.25) is 4.79 Å². The Bertz CT molecular complexity index is 796. The number of ether oxygens (including phenoxy) is 2. The normalized spacial score (nSPS) is 17.1. The van der Waals surface area contributed by atoms with Crippen molar-refractivity contribution in [3.63, 3.8) is 0 Å². The zero-order valence-corrected chi connectivity index (χ0v) is 16.4. The molecular formula is C22H28N2O4. The SMILES string of the molecule is COC[C@@H](O)CNCC(=O)N1CCc2ccccc2[C@H]1c1ccccc1OC. The molecule has 1 aliphatic heterocycles. The zero-order chi connectivity index (χ0) is 19.9. The van der Waals surface area contributed by atoms with Crippen LogP contribution in [0.15, 0.2) is 48.5 Å². The second-order valence-corrected chi connectivity index (χ2v) is 6.92. The predicted molar refractivity (Wildman–Crippen MR) is 107 cm³/mol. The molecule has 0 aliphatic carbocycles. The van der Waals surface area contributed by atoms with Gasteiger partial charge in [-0.25, -0.2) is 0 Å². The molecule has 3 rings (SSSR count). The van der Waals surface area contributed by atoms with Gasteiger partial charge < -0.3 is 24.8 Å². The van der Waals surface area contributed by atoms with E-state index < -0.39 is 6.10 Å². The third-order valence-corrected chi connectivity index (χ3v) is 5.05. The van der Waals surface area contributed by atoms with E-state index in [2.05, 4.69) is 17.4 Å². The molecule has 0 saturated carbocycles. The second-order valence-electron chi connectivity index (χ2n) is 6.92. The molecule has 0 saturated heterocycles. The Hall–Kier alpha value is -2.41. The lowest BCUT2D eigenvalue weighted by Gasteiger charge is -2.38. The lowest BCUT2D eigenvalue weighted by Crippen LogP contribution is -2.45. The lowest BCUT2D eigenvalue weighted by atomic mass is 9.87. The minimum absolute atomic E-state index is 0.00461. The van der Waals surface area contributed by atoms with E-state index in [1.54, 1.807) is 7.11 Å². The van der Waals surface area contributed by atoms with Crippen molar-refractivity contribution < 1.29 is 19.4 Å². The molecule has 1 amide bonds. The maximum atomic E-state index is 13.0. The molecule has 2 atom stereocenters. The molecular weight excluding hydrogens is 356 g/mol. The average molecular weight is 384 g/mol. The van der Waals surface area contributed by atoms with Crippen LogP contribution in [0.5, 0.6) is 5.75 Å². The van der Waals surface area contributed by atoms with Gasteiger partial charge in [-0.15, -0.1) is 0 Å². The number of rotatable bonds is 8. The van der Waals surface area contributed by atoms with Crippen LogP contribution in [0.1, 0.15) is 22.7 Å². The Morgan fingerprint density at radius 1 is 1.18 bits per heavy atom. The number of hydrogen-bond donors (Lipinski definition) is 2. The van der Waals surface area contributed by atoms with Crippen molar-refractivity contribution in [1.82, 2.24) is 10.2 Å². The van der Waals surface area contributed by atoms with Gasteiger partial charge >= 0.3 is 0 Å². The first-order chi connectivity index (χ1) is 13.7. The van der Waals surface area contributed by atoms with Crippen molar-refractivity contribution in [3.05, 3.63) is 65.2 Å². The molecule has 1 aliphatic rings. The van der Waals surface area contributed by atoms with E-state index in [1.165, 1.54) is 12.7 Å². The van der Waals surface area contributed by atoms with Crippen molar-refractivity contribution >= 4 is 5.91 Å². The van der Waals surface area contributed by atoms with E-state index in [4.69, 9.17) is 9.47 Å². The quantitative estimate of drug-likeness (QED) is 0.726. The maximum Gasteiger partial charge on any atom is 0.237 e. The van der Waals surface area contributed by atoms with Crippen molar-refractivity contribution in [2.24, 2.45) is 0 Å². The molecule has 1 heterocycles. The van der Waals surface area contributed by atoms with Crippen LogP contribution in [-0.2, 0) is 16.0 Å². The molecule has 0 radical (unpaired) electrons. The molecule has 150 valence electrons. The number of fused-ring (bicyclic) bond motifs is 1. The summed E-state index contributed by atoms with van der Waals surface area (Å²) in [7, 11) is 3.19. The van der Waals surface area contributed by atoms with Gasteiger partial charge in [0.25, 0.3) is 0 Å². The number of nitrogens with one attached hydrogen (secondary N) is 1. The number of amides is 1. The molecule has 2 aromatic rings. The van der Waals surface area contributed by atoms with Gasteiger partial charge in [0.2, 0.25) is 5.91 Å². The number of methoxy groups -OCH3 is 2. The van der Waals surface area contributed by atoms with Gasteiger partial charge in [-0.05, 0) is 23.6 Å². The Kier molecular flexibility index (Phi) is 7.03. The number of aliphatic hydroxyl groups excluding tert-OH is 1. The Morgan fingerprint density at radius 2 is 1.89 bits per heavy atom. The fourth-order valence-corrected chi connectivity index (χ4v) is 3.76. The first-order valence-electron chi connectivity index (χ1n) is 9.53. The van der Waals surface area contributed by atoms with E-state index in [9.17, 15) is 9.90 Å². The van der Waals surface area contributed by atoms with Crippen LogP contribution in [-0.4, -0.2) is 62.5 Å².